The van der Waals surface area contributed by atoms with Crippen LogP contribution in [0.5, 0.6) is 0 Å². The molecule has 11 heavy (non-hydrogen) atoms. The van der Waals surface area contributed by atoms with Crippen LogP contribution in [-0.4, -0.2) is 48.3 Å². The molecule has 4 heteroatoms. The second-order valence-electron chi connectivity index (χ2n) is 3.62. The SMILES string of the molecule is C[N+]1(C)CC[C@H](O)[C@@H]1C(=O)[O-]. The van der Waals surface area contributed by atoms with Crippen molar-refractivity contribution in [2.75, 3.05) is 20.6 Å². The molecule has 0 spiro atoms. The highest BCUT2D eigenvalue weighted by Crippen LogP contribution is 2.21. The summed E-state index contributed by atoms with van der Waals surface area (Å²) >= 11 is 0. The fourth-order valence-electron chi connectivity index (χ4n) is 1.67. The lowest BCUT2D eigenvalue weighted by Crippen LogP contribution is -2.56. The topological polar surface area (TPSA) is 60.4 Å². The molecule has 4 nitrogen and oxygen atoms in total. The Hall–Kier alpha value is -0.610. The van der Waals surface area contributed by atoms with E-state index in [9.17, 15) is 15.0 Å². The molecule has 0 bridgehead atoms. The van der Waals surface area contributed by atoms with Crippen LogP contribution in [0.25, 0.3) is 0 Å². The van der Waals surface area contributed by atoms with E-state index < -0.39 is 18.1 Å². The predicted molar refractivity (Wildman–Crippen MR) is 36.4 cm³/mol. The van der Waals surface area contributed by atoms with Crippen molar-refractivity contribution < 1.29 is 19.5 Å². The van der Waals surface area contributed by atoms with Crippen LogP contribution in [0.3, 0.4) is 0 Å². The number of rotatable bonds is 1. The number of carbonyl (C=O) groups is 1. The molecule has 0 aliphatic carbocycles. The molecule has 1 rings (SSSR count). The first-order chi connectivity index (χ1) is 4.95. The van der Waals surface area contributed by atoms with Crippen molar-refractivity contribution in [1.29, 1.82) is 0 Å². The minimum atomic E-state index is -1.15. The molecule has 1 aliphatic heterocycles. The summed E-state index contributed by atoms with van der Waals surface area (Å²) in [6.45, 7) is 0.694. The van der Waals surface area contributed by atoms with Crippen LogP contribution >= 0.6 is 0 Å². The first-order valence-corrected chi connectivity index (χ1v) is 3.67. The normalized spacial score (nSPS) is 35.5. The average Bonchev–Trinajstić information content (AvgIpc) is 2.06. The molecule has 1 aliphatic rings. The van der Waals surface area contributed by atoms with Gasteiger partial charge in [-0.15, -0.1) is 0 Å². The summed E-state index contributed by atoms with van der Waals surface area (Å²) in [6, 6.07) is -0.755. The molecule has 1 heterocycles. The molecule has 64 valence electrons. The molecule has 0 aromatic carbocycles. The zero-order valence-electron chi connectivity index (χ0n) is 6.78. The summed E-state index contributed by atoms with van der Waals surface area (Å²) in [5.41, 5.74) is 0. The number of carboxylic acids is 1. The maximum atomic E-state index is 10.5. The Bertz CT molecular complexity index is 179. The number of carboxylic acid groups (broad SMARTS) is 1. The van der Waals surface area contributed by atoms with Gasteiger partial charge in [-0.2, -0.15) is 0 Å². The van der Waals surface area contributed by atoms with Gasteiger partial charge in [0.25, 0.3) is 0 Å². The number of nitrogens with zero attached hydrogens (tertiary/aromatic N) is 1. The number of aliphatic hydroxyl groups excluding tert-OH is 1. The first-order valence-electron chi connectivity index (χ1n) is 3.67. The van der Waals surface area contributed by atoms with Crippen LogP contribution in [-0.2, 0) is 4.79 Å². The van der Waals surface area contributed by atoms with Crippen LogP contribution < -0.4 is 5.11 Å². The standard InChI is InChI=1S/C7H13NO3/c1-8(2)4-3-5(9)6(8)7(10)11/h5-6,9H,3-4H2,1-2H3/t5-,6+/m0/s1. The Balaban J connectivity index is 2.80. The Morgan fingerprint density at radius 1 is 1.64 bits per heavy atom. The van der Waals surface area contributed by atoms with E-state index in [2.05, 4.69) is 0 Å². The average molecular weight is 159 g/mol. The van der Waals surface area contributed by atoms with Gasteiger partial charge in [0.05, 0.1) is 20.6 Å². The Kier molecular flexibility index (Phi) is 1.90. The summed E-state index contributed by atoms with van der Waals surface area (Å²) in [5, 5.41) is 19.8. The maximum absolute atomic E-state index is 10.5. The van der Waals surface area contributed by atoms with Gasteiger partial charge in [-0.25, -0.2) is 0 Å². The Labute approximate surface area is 65.6 Å². The molecule has 2 atom stereocenters. The van der Waals surface area contributed by atoms with E-state index in [1.54, 1.807) is 14.1 Å². The Morgan fingerprint density at radius 2 is 2.18 bits per heavy atom. The smallest absolute Gasteiger partial charge is 0.155 e. The molecule has 1 N–H and O–H groups in total. The van der Waals surface area contributed by atoms with Gasteiger partial charge in [-0.1, -0.05) is 0 Å². The van der Waals surface area contributed by atoms with Crippen molar-refractivity contribution in [2.45, 2.75) is 18.6 Å². The Morgan fingerprint density at radius 3 is 2.36 bits per heavy atom. The summed E-state index contributed by atoms with van der Waals surface area (Å²) < 4.78 is 0.323. The van der Waals surface area contributed by atoms with Crippen LogP contribution in [0.4, 0.5) is 0 Å². The van der Waals surface area contributed by atoms with E-state index in [-0.39, 0.29) is 0 Å². The summed E-state index contributed by atoms with van der Waals surface area (Å²) in [5.74, 6) is -1.15. The minimum absolute atomic E-state index is 0.323. The van der Waals surface area contributed by atoms with Gasteiger partial charge in [-0.05, 0) is 0 Å². The predicted octanol–water partition coefficient (Wildman–Crippen LogP) is -2.05. The molecular formula is C7H13NO3. The molecule has 0 amide bonds. The molecule has 0 unspecified atom stereocenters. The quantitative estimate of drug-likeness (QED) is 0.448. The van der Waals surface area contributed by atoms with Gasteiger partial charge in [0.2, 0.25) is 0 Å². The van der Waals surface area contributed by atoms with E-state index >= 15 is 0 Å². The number of hydrogen-bond acceptors (Lipinski definition) is 3. The highest BCUT2D eigenvalue weighted by Gasteiger charge is 2.42. The van der Waals surface area contributed by atoms with Gasteiger partial charge in [-0.3, -0.25) is 0 Å². The van der Waals surface area contributed by atoms with Crippen LogP contribution in [0.15, 0.2) is 0 Å². The number of likely N-dealkylation sites (N-methyl/N-ethyl adjacent to an activating group) is 1. The molecular weight excluding hydrogens is 146 g/mol. The molecule has 1 fully saturated rings. The van der Waals surface area contributed by atoms with Crippen LogP contribution in [0.2, 0.25) is 0 Å². The number of quaternary nitrogens is 1. The number of aliphatic carboxylic acids is 1. The van der Waals surface area contributed by atoms with Gasteiger partial charge >= 0.3 is 0 Å². The van der Waals surface area contributed by atoms with E-state index in [1.165, 1.54) is 0 Å². The van der Waals surface area contributed by atoms with Crippen molar-refractivity contribution in [2.24, 2.45) is 0 Å². The summed E-state index contributed by atoms with van der Waals surface area (Å²) in [4.78, 5) is 10.5. The van der Waals surface area contributed by atoms with Gasteiger partial charge in [0.15, 0.2) is 6.04 Å². The lowest BCUT2D eigenvalue weighted by atomic mass is 10.1. The van der Waals surface area contributed by atoms with Gasteiger partial charge in [0.1, 0.15) is 12.1 Å². The first kappa shape index (κ1) is 8.49. The number of likely N-dealkylation sites (tertiary alicyclic amines) is 1. The summed E-state index contributed by atoms with van der Waals surface area (Å²) in [7, 11) is 3.58. The third kappa shape index (κ3) is 1.36. The number of hydrogen-bond donors (Lipinski definition) is 1. The zero-order chi connectivity index (χ0) is 8.65. The van der Waals surface area contributed by atoms with E-state index in [0.29, 0.717) is 17.4 Å². The third-order valence-corrected chi connectivity index (χ3v) is 2.36. The highest BCUT2D eigenvalue weighted by atomic mass is 16.4. The van der Waals surface area contributed by atoms with Gasteiger partial charge in [0, 0.05) is 6.42 Å². The van der Waals surface area contributed by atoms with E-state index in [1.807, 2.05) is 0 Å². The largest absolute Gasteiger partial charge is 0.544 e. The van der Waals surface area contributed by atoms with Crippen molar-refractivity contribution >= 4 is 5.97 Å². The van der Waals surface area contributed by atoms with Crippen LogP contribution in [0, 0.1) is 0 Å². The van der Waals surface area contributed by atoms with Crippen molar-refractivity contribution in [3.8, 4) is 0 Å². The fraction of sp³-hybridized carbons (Fsp3) is 0.857. The second kappa shape index (κ2) is 2.46. The number of aliphatic hydroxyl groups is 1. The highest BCUT2D eigenvalue weighted by molar-refractivity contribution is 5.70. The lowest BCUT2D eigenvalue weighted by Gasteiger charge is -2.32. The lowest BCUT2D eigenvalue weighted by molar-refractivity contribution is -0.897. The van der Waals surface area contributed by atoms with Gasteiger partial charge < -0.3 is 19.5 Å². The zero-order valence-corrected chi connectivity index (χ0v) is 6.78. The minimum Gasteiger partial charge on any atom is -0.544 e. The molecule has 0 aromatic rings. The molecule has 0 radical (unpaired) electrons. The monoisotopic (exact) mass is 159 g/mol. The fourth-order valence-corrected chi connectivity index (χ4v) is 1.67. The van der Waals surface area contributed by atoms with Crippen molar-refractivity contribution in [3.05, 3.63) is 0 Å². The van der Waals surface area contributed by atoms with Crippen LogP contribution in [0.1, 0.15) is 6.42 Å². The maximum Gasteiger partial charge on any atom is 0.155 e. The molecule has 1 saturated heterocycles. The summed E-state index contributed by atoms with van der Waals surface area (Å²) in [6.07, 6.45) is -0.193. The number of carbonyl (C=O) groups excluding carboxylic acids is 1. The molecule has 0 saturated carbocycles. The second-order valence-corrected chi connectivity index (χ2v) is 3.62. The third-order valence-electron chi connectivity index (χ3n) is 2.36. The van der Waals surface area contributed by atoms with E-state index in [0.717, 1.165) is 0 Å². The molecule has 0 aromatic heterocycles. The van der Waals surface area contributed by atoms with Crippen molar-refractivity contribution in [3.63, 3.8) is 0 Å². The van der Waals surface area contributed by atoms with E-state index in [4.69, 9.17) is 0 Å². The van der Waals surface area contributed by atoms with Crippen molar-refractivity contribution in [1.82, 2.24) is 0 Å².